The quantitative estimate of drug-likeness (QED) is 0.774. The third kappa shape index (κ3) is 4.65. The van der Waals surface area contributed by atoms with Gasteiger partial charge in [-0.05, 0) is 30.5 Å². The third-order valence-corrected chi connectivity index (χ3v) is 3.03. The van der Waals surface area contributed by atoms with E-state index >= 15 is 0 Å². The predicted octanol–water partition coefficient (Wildman–Crippen LogP) is 2.46. The number of hydrogen-bond acceptors (Lipinski definition) is 3. The average molecular weight is 329 g/mol. The molecule has 1 atom stereocenters. The van der Waals surface area contributed by atoms with Crippen molar-refractivity contribution in [2.24, 2.45) is 11.7 Å². The highest BCUT2D eigenvalue weighted by Crippen LogP contribution is 2.22. The number of carbonyl (C=O) groups excluding carboxylic acids is 1. The zero-order chi connectivity index (χ0) is 14.6. The molecule has 0 bridgehead atoms. The van der Waals surface area contributed by atoms with E-state index in [2.05, 4.69) is 21.2 Å². The zero-order valence-corrected chi connectivity index (χ0v) is 12.4. The van der Waals surface area contributed by atoms with Crippen LogP contribution in [0.5, 0.6) is 0 Å². The molecule has 0 spiro atoms. The molecule has 6 heteroatoms. The summed E-state index contributed by atoms with van der Waals surface area (Å²) in [5, 5.41) is 11.6. The van der Waals surface area contributed by atoms with Crippen LogP contribution in [0.2, 0.25) is 0 Å². The van der Waals surface area contributed by atoms with E-state index in [1.54, 1.807) is 12.1 Å². The summed E-state index contributed by atoms with van der Waals surface area (Å²) in [4.78, 5) is 23.0. The number of hydrogen-bond donors (Lipinski definition) is 3. The van der Waals surface area contributed by atoms with Crippen LogP contribution >= 0.6 is 15.9 Å². The van der Waals surface area contributed by atoms with Gasteiger partial charge >= 0.3 is 5.97 Å². The maximum atomic E-state index is 11.9. The smallest absolute Gasteiger partial charge is 0.337 e. The highest BCUT2D eigenvalue weighted by Gasteiger charge is 2.18. The monoisotopic (exact) mass is 328 g/mol. The first-order chi connectivity index (χ1) is 8.81. The van der Waals surface area contributed by atoms with Crippen LogP contribution in [-0.2, 0) is 4.79 Å². The number of rotatable bonds is 5. The largest absolute Gasteiger partial charge is 0.478 e. The third-order valence-electron chi connectivity index (χ3n) is 2.53. The van der Waals surface area contributed by atoms with Crippen LogP contribution in [-0.4, -0.2) is 23.0 Å². The number of nitrogens with two attached hydrogens (primary N) is 1. The van der Waals surface area contributed by atoms with Gasteiger partial charge in [-0.15, -0.1) is 0 Å². The van der Waals surface area contributed by atoms with Gasteiger partial charge in [0.25, 0.3) is 0 Å². The van der Waals surface area contributed by atoms with Crippen molar-refractivity contribution in [3.63, 3.8) is 0 Å². The number of carboxylic acids is 1. The Morgan fingerprint density at radius 2 is 2.05 bits per heavy atom. The summed E-state index contributed by atoms with van der Waals surface area (Å²) < 4.78 is 0.685. The van der Waals surface area contributed by atoms with Crippen molar-refractivity contribution in [3.05, 3.63) is 28.2 Å². The van der Waals surface area contributed by atoms with Gasteiger partial charge in [0.2, 0.25) is 5.91 Å². The van der Waals surface area contributed by atoms with Crippen LogP contribution in [0.3, 0.4) is 0 Å². The molecule has 0 fully saturated rings. The SMILES string of the molecule is CC(C)CC(N)C(=O)Nc1cc(Br)ccc1C(=O)O. The van der Waals surface area contributed by atoms with Gasteiger partial charge in [0, 0.05) is 4.47 Å². The molecule has 0 aromatic heterocycles. The first-order valence-corrected chi connectivity index (χ1v) is 6.70. The van der Waals surface area contributed by atoms with Gasteiger partial charge in [0.15, 0.2) is 0 Å². The molecule has 1 amide bonds. The van der Waals surface area contributed by atoms with Crippen LogP contribution < -0.4 is 11.1 Å². The molecule has 0 heterocycles. The molecule has 4 N–H and O–H groups in total. The van der Waals surface area contributed by atoms with Gasteiger partial charge < -0.3 is 16.2 Å². The van der Waals surface area contributed by atoms with Gasteiger partial charge in [-0.2, -0.15) is 0 Å². The Morgan fingerprint density at radius 1 is 1.42 bits per heavy atom. The molecule has 1 aromatic rings. The molecule has 0 aliphatic rings. The fourth-order valence-electron chi connectivity index (χ4n) is 1.65. The predicted molar refractivity (Wildman–Crippen MR) is 77.2 cm³/mol. The fourth-order valence-corrected chi connectivity index (χ4v) is 2.01. The summed E-state index contributed by atoms with van der Waals surface area (Å²) in [5.74, 6) is -1.18. The minimum absolute atomic E-state index is 0.0355. The Hall–Kier alpha value is -1.40. The Morgan fingerprint density at radius 3 is 2.58 bits per heavy atom. The van der Waals surface area contributed by atoms with Crippen LogP contribution in [0.4, 0.5) is 5.69 Å². The lowest BCUT2D eigenvalue weighted by Gasteiger charge is -2.15. The van der Waals surface area contributed by atoms with Crippen molar-refractivity contribution in [2.75, 3.05) is 5.32 Å². The molecule has 104 valence electrons. The second-order valence-corrected chi connectivity index (χ2v) is 5.64. The van der Waals surface area contributed by atoms with Crippen molar-refractivity contribution in [3.8, 4) is 0 Å². The minimum atomic E-state index is -1.10. The van der Waals surface area contributed by atoms with Crippen molar-refractivity contribution in [1.29, 1.82) is 0 Å². The molecule has 5 nitrogen and oxygen atoms in total. The molecule has 0 aliphatic carbocycles. The van der Waals surface area contributed by atoms with E-state index in [1.807, 2.05) is 13.8 Å². The maximum Gasteiger partial charge on any atom is 0.337 e. The Balaban J connectivity index is 2.89. The van der Waals surface area contributed by atoms with Crippen LogP contribution in [0, 0.1) is 5.92 Å². The number of aromatic carboxylic acids is 1. The first kappa shape index (κ1) is 15.7. The highest BCUT2D eigenvalue weighted by molar-refractivity contribution is 9.10. The lowest BCUT2D eigenvalue weighted by Crippen LogP contribution is -2.37. The summed E-state index contributed by atoms with van der Waals surface area (Å²) in [6.07, 6.45) is 0.544. The number of nitrogens with one attached hydrogen (secondary N) is 1. The van der Waals surface area contributed by atoms with Gasteiger partial charge in [-0.3, -0.25) is 4.79 Å². The lowest BCUT2D eigenvalue weighted by atomic mass is 10.0. The highest BCUT2D eigenvalue weighted by atomic mass is 79.9. The van der Waals surface area contributed by atoms with Crippen LogP contribution in [0.1, 0.15) is 30.6 Å². The summed E-state index contributed by atoms with van der Waals surface area (Å²) in [6.45, 7) is 3.93. The molecule has 1 aromatic carbocycles. The average Bonchev–Trinajstić information content (AvgIpc) is 2.27. The molecular formula is C13H17BrN2O3. The normalized spacial score (nSPS) is 12.3. The minimum Gasteiger partial charge on any atom is -0.478 e. The lowest BCUT2D eigenvalue weighted by molar-refractivity contribution is -0.117. The number of benzene rings is 1. The Bertz CT molecular complexity index is 489. The topological polar surface area (TPSA) is 92.4 Å². The van der Waals surface area contributed by atoms with E-state index in [9.17, 15) is 9.59 Å². The second-order valence-electron chi connectivity index (χ2n) is 4.72. The zero-order valence-electron chi connectivity index (χ0n) is 10.8. The summed E-state index contributed by atoms with van der Waals surface area (Å²) in [6, 6.07) is 3.92. The summed E-state index contributed by atoms with van der Waals surface area (Å²) >= 11 is 3.24. The standard InChI is InChI=1S/C13H17BrN2O3/c1-7(2)5-10(15)12(17)16-11-6-8(14)3-4-9(11)13(18)19/h3-4,6-7,10H,5,15H2,1-2H3,(H,16,17)(H,18,19). The van der Waals surface area contributed by atoms with Gasteiger partial charge in [0.05, 0.1) is 17.3 Å². The second kappa shape index (κ2) is 6.68. The van der Waals surface area contributed by atoms with Crippen LogP contribution in [0.15, 0.2) is 22.7 Å². The molecule has 0 saturated carbocycles. The van der Waals surface area contributed by atoms with Crippen LogP contribution in [0.25, 0.3) is 0 Å². The van der Waals surface area contributed by atoms with E-state index < -0.39 is 12.0 Å². The van der Waals surface area contributed by atoms with Crippen molar-refractivity contribution >= 4 is 33.5 Å². The molecule has 19 heavy (non-hydrogen) atoms. The van der Waals surface area contributed by atoms with Crippen molar-refractivity contribution in [1.82, 2.24) is 0 Å². The maximum absolute atomic E-state index is 11.9. The molecule has 1 rings (SSSR count). The van der Waals surface area contributed by atoms with Gasteiger partial charge in [-0.1, -0.05) is 29.8 Å². The Labute approximate surface area is 120 Å². The van der Waals surface area contributed by atoms with Gasteiger partial charge in [0.1, 0.15) is 0 Å². The molecule has 0 saturated heterocycles. The van der Waals surface area contributed by atoms with Crippen molar-refractivity contribution in [2.45, 2.75) is 26.3 Å². The van der Waals surface area contributed by atoms with E-state index in [4.69, 9.17) is 10.8 Å². The van der Waals surface area contributed by atoms with Gasteiger partial charge in [-0.25, -0.2) is 4.79 Å². The molecular weight excluding hydrogens is 312 g/mol. The summed E-state index contributed by atoms with van der Waals surface area (Å²) in [7, 11) is 0. The number of halogens is 1. The Kier molecular flexibility index (Phi) is 5.50. The van der Waals surface area contributed by atoms with E-state index in [0.29, 0.717) is 16.8 Å². The molecule has 0 radical (unpaired) electrons. The fraction of sp³-hybridized carbons (Fsp3) is 0.385. The van der Waals surface area contributed by atoms with E-state index in [0.717, 1.165) is 0 Å². The number of amides is 1. The number of carboxylic acid groups (broad SMARTS) is 1. The number of anilines is 1. The van der Waals surface area contributed by atoms with Crippen molar-refractivity contribution < 1.29 is 14.7 Å². The summed E-state index contributed by atoms with van der Waals surface area (Å²) in [5.41, 5.74) is 6.04. The molecule has 1 unspecified atom stereocenters. The number of carbonyl (C=O) groups is 2. The van der Waals surface area contributed by atoms with E-state index in [-0.39, 0.29) is 17.2 Å². The first-order valence-electron chi connectivity index (χ1n) is 5.90. The van der Waals surface area contributed by atoms with E-state index in [1.165, 1.54) is 6.07 Å². The molecule has 0 aliphatic heterocycles.